The van der Waals surface area contributed by atoms with Gasteiger partial charge in [0, 0.05) is 19.6 Å². The highest BCUT2D eigenvalue weighted by molar-refractivity contribution is 6.01. The van der Waals surface area contributed by atoms with Gasteiger partial charge in [-0.2, -0.15) is 0 Å². The standard InChI is InChI=1S/C30H40N4O6/c1-4-33-15-17-40-26-13-9-8-12-23(26)28(37)31-24(29(38)32-25(30(33)39)18-21(2)3)19-27(36)34(14-16-35)20-22-10-6-5-7-11-22/h5-13,21,24-25,35H,4,14-20H2,1-3H3,(H,31,37)(H,32,38)/t24-,25-/m0/s1. The molecule has 1 aliphatic heterocycles. The minimum absolute atomic E-state index is 0.0621. The molecule has 1 aliphatic rings. The van der Waals surface area contributed by atoms with Crippen LogP contribution in [-0.4, -0.2) is 83.5 Å². The van der Waals surface area contributed by atoms with Crippen molar-refractivity contribution in [2.24, 2.45) is 5.92 Å². The Hall–Kier alpha value is -3.92. The van der Waals surface area contributed by atoms with E-state index < -0.39 is 29.8 Å². The number of nitrogens with zero attached hydrogens (tertiary/aromatic N) is 2. The summed E-state index contributed by atoms with van der Waals surface area (Å²) in [6, 6.07) is 13.9. The fourth-order valence-electron chi connectivity index (χ4n) is 4.62. The molecule has 3 N–H and O–H groups in total. The van der Waals surface area contributed by atoms with E-state index in [2.05, 4.69) is 10.6 Å². The first-order valence-electron chi connectivity index (χ1n) is 13.8. The van der Waals surface area contributed by atoms with E-state index in [0.717, 1.165) is 5.56 Å². The molecule has 0 aliphatic carbocycles. The van der Waals surface area contributed by atoms with Crippen LogP contribution in [0.25, 0.3) is 0 Å². The Balaban J connectivity index is 1.94. The quantitative estimate of drug-likeness (QED) is 0.437. The van der Waals surface area contributed by atoms with Crippen LogP contribution in [0.1, 0.15) is 49.5 Å². The molecular formula is C30H40N4O6. The minimum Gasteiger partial charge on any atom is -0.491 e. The van der Waals surface area contributed by atoms with Gasteiger partial charge in [-0.1, -0.05) is 56.3 Å². The van der Waals surface area contributed by atoms with E-state index in [-0.39, 0.29) is 56.7 Å². The van der Waals surface area contributed by atoms with Crippen LogP contribution in [0, 0.1) is 5.92 Å². The second kappa shape index (κ2) is 15.0. The molecule has 40 heavy (non-hydrogen) atoms. The van der Waals surface area contributed by atoms with Crippen molar-refractivity contribution in [3.8, 4) is 5.75 Å². The van der Waals surface area contributed by atoms with E-state index in [4.69, 9.17) is 4.74 Å². The fourth-order valence-corrected chi connectivity index (χ4v) is 4.62. The molecule has 1 heterocycles. The summed E-state index contributed by atoms with van der Waals surface area (Å²) in [6.45, 7) is 6.68. The zero-order valence-corrected chi connectivity index (χ0v) is 23.5. The van der Waals surface area contributed by atoms with Gasteiger partial charge < -0.3 is 30.3 Å². The van der Waals surface area contributed by atoms with Gasteiger partial charge in [-0.15, -0.1) is 0 Å². The third-order valence-corrected chi connectivity index (χ3v) is 6.70. The van der Waals surface area contributed by atoms with Crippen molar-refractivity contribution < 1.29 is 29.0 Å². The van der Waals surface area contributed by atoms with Gasteiger partial charge in [0.2, 0.25) is 17.7 Å². The van der Waals surface area contributed by atoms with Crippen LogP contribution in [0.2, 0.25) is 0 Å². The van der Waals surface area contributed by atoms with Crippen LogP contribution < -0.4 is 15.4 Å². The summed E-state index contributed by atoms with van der Waals surface area (Å²) in [5, 5.41) is 15.1. The predicted octanol–water partition coefficient (Wildman–Crippen LogP) is 1.97. The fraction of sp³-hybridized carbons (Fsp3) is 0.467. The van der Waals surface area contributed by atoms with Gasteiger partial charge >= 0.3 is 0 Å². The zero-order valence-electron chi connectivity index (χ0n) is 23.5. The molecule has 0 bridgehead atoms. The Morgan fingerprint density at radius 1 is 1.05 bits per heavy atom. The first-order valence-corrected chi connectivity index (χ1v) is 13.8. The van der Waals surface area contributed by atoms with Crippen LogP contribution in [0.5, 0.6) is 5.75 Å². The molecular weight excluding hydrogens is 512 g/mol. The van der Waals surface area contributed by atoms with Crippen molar-refractivity contribution in [1.82, 2.24) is 20.4 Å². The molecule has 3 rings (SSSR count). The number of fused-ring (bicyclic) bond motifs is 1. The van der Waals surface area contributed by atoms with Crippen molar-refractivity contribution in [2.45, 2.75) is 52.2 Å². The molecule has 10 nitrogen and oxygen atoms in total. The maximum absolute atomic E-state index is 13.6. The summed E-state index contributed by atoms with van der Waals surface area (Å²) in [4.78, 5) is 57.0. The monoisotopic (exact) mass is 552 g/mol. The van der Waals surface area contributed by atoms with E-state index in [1.54, 1.807) is 29.2 Å². The first kappa shape index (κ1) is 30.6. The van der Waals surface area contributed by atoms with Crippen molar-refractivity contribution in [1.29, 1.82) is 0 Å². The number of aliphatic hydroxyl groups excluding tert-OH is 1. The van der Waals surface area contributed by atoms with Crippen molar-refractivity contribution in [3.05, 3.63) is 65.7 Å². The van der Waals surface area contributed by atoms with E-state index in [9.17, 15) is 24.3 Å². The average Bonchev–Trinajstić information content (AvgIpc) is 2.94. The molecule has 4 amide bonds. The van der Waals surface area contributed by atoms with Gasteiger partial charge in [0.15, 0.2) is 0 Å². The van der Waals surface area contributed by atoms with Gasteiger partial charge in [-0.3, -0.25) is 19.2 Å². The second-order valence-electron chi connectivity index (χ2n) is 10.2. The summed E-state index contributed by atoms with van der Waals surface area (Å²) in [7, 11) is 0. The number of amides is 4. The Kier molecular flexibility index (Phi) is 11.5. The predicted molar refractivity (Wildman–Crippen MR) is 150 cm³/mol. The van der Waals surface area contributed by atoms with Gasteiger partial charge in [0.1, 0.15) is 24.4 Å². The smallest absolute Gasteiger partial charge is 0.255 e. The third kappa shape index (κ3) is 8.54. The van der Waals surface area contributed by atoms with E-state index in [0.29, 0.717) is 18.7 Å². The Morgan fingerprint density at radius 2 is 1.75 bits per heavy atom. The van der Waals surface area contributed by atoms with Gasteiger partial charge in [-0.25, -0.2) is 0 Å². The van der Waals surface area contributed by atoms with Crippen LogP contribution in [0.3, 0.4) is 0 Å². The number of likely N-dealkylation sites (N-methyl/N-ethyl adjacent to an activating group) is 1. The van der Waals surface area contributed by atoms with Crippen molar-refractivity contribution in [3.63, 3.8) is 0 Å². The first-order chi connectivity index (χ1) is 19.2. The summed E-state index contributed by atoms with van der Waals surface area (Å²) in [5.74, 6) is -1.45. The largest absolute Gasteiger partial charge is 0.491 e. The molecule has 0 aromatic heterocycles. The number of carbonyl (C=O) groups excluding carboxylic acids is 4. The lowest BCUT2D eigenvalue weighted by molar-refractivity contribution is -0.138. The molecule has 0 fully saturated rings. The molecule has 0 radical (unpaired) electrons. The Labute approximate surface area is 235 Å². The normalized spacial score (nSPS) is 18.4. The number of hydrogen-bond acceptors (Lipinski definition) is 6. The highest BCUT2D eigenvalue weighted by Gasteiger charge is 2.33. The van der Waals surface area contributed by atoms with E-state index >= 15 is 0 Å². The number of rotatable bonds is 9. The van der Waals surface area contributed by atoms with Crippen molar-refractivity contribution in [2.75, 3.05) is 32.8 Å². The van der Waals surface area contributed by atoms with E-state index in [1.165, 1.54) is 4.90 Å². The van der Waals surface area contributed by atoms with Gasteiger partial charge in [-0.05, 0) is 37.0 Å². The molecule has 0 spiro atoms. The number of aliphatic hydroxyl groups is 1. The molecule has 216 valence electrons. The maximum Gasteiger partial charge on any atom is 0.255 e. The summed E-state index contributed by atoms with van der Waals surface area (Å²) in [5.41, 5.74) is 1.08. The number of benzene rings is 2. The minimum atomic E-state index is -1.26. The lowest BCUT2D eigenvalue weighted by atomic mass is 10.0. The summed E-state index contributed by atoms with van der Waals surface area (Å²) < 4.78 is 5.89. The van der Waals surface area contributed by atoms with E-state index in [1.807, 2.05) is 51.1 Å². The van der Waals surface area contributed by atoms with Crippen LogP contribution in [0.4, 0.5) is 0 Å². The Bertz CT molecular complexity index is 1160. The molecule has 0 unspecified atom stereocenters. The molecule has 10 heteroatoms. The maximum atomic E-state index is 13.6. The molecule has 0 saturated heterocycles. The van der Waals surface area contributed by atoms with Crippen LogP contribution in [0.15, 0.2) is 54.6 Å². The lowest BCUT2D eigenvalue weighted by Gasteiger charge is -2.29. The molecule has 2 aromatic carbocycles. The highest BCUT2D eigenvalue weighted by atomic mass is 16.5. The second-order valence-corrected chi connectivity index (χ2v) is 10.2. The number of para-hydroxylation sites is 1. The SMILES string of the molecule is CCN1CCOc2ccccc2C(=O)N[C@@H](CC(=O)N(CCO)Cc2ccccc2)C(=O)N[C@@H](CC(C)C)C1=O. The number of carbonyl (C=O) groups is 4. The third-order valence-electron chi connectivity index (χ3n) is 6.70. The van der Waals surface area contributed by atoms with Crippen molar-refractivity contribution >= 4 is 23.6 Å². The molecule has 2 aromatic rings. The average molecular weight is 553 g/mol. The Morgan fingerprint density at radius 3 is 2.42 bits per heavy atom. The lowest BCUT2D eigenvalue weighted by Crippen LogP contribution is -2.56. The highest BCUT2D eigenvalue weighted by Crippen LogP contribution is 2.19. The summed E-state index contributed by atoms with van der Waals surface area (Å²) in [6.07, 6.45) is 0.0366. The topological polar surface area (TPSA) is 128 Å². The number of nitrogens with one attached hydrogen (secondary N) is 2. The van der Waals surface area contributed by atoms with Crippen LogP contribution in [-0.2, 0) is 20.9 Å². The number of hydrogen-bond donors (Lipinski definition) is 3. The molecule has 0 saturated carbocycles. The van der Waals surface area contributed by atoms with Gasteiger partial charge in [0.25, 0.3) is 5.91 Å². The van der Waals surface area contributed by atoms with Crippen LogP contribution >= 0.6 is 0 Å². The molecule has 2 atom stereocenters. The zero-order chi connectivity index (χ0) is 29.1. The number of ether oxygens (including phenoxy) is 1. The summed E-state index contributed by atoms with van der Waals surface area (Å²) >= 11 is 0. The van der Waals surface area contributed by atoms with Gasteiger partial charge in [0.05, 0.1) is 25.1 Å².